The number of benzene rings is 2. The average molecular weight is 494 g/mol. The number of carbonyl (C=O) groups is 2. The number of alkyl halides is 6. The molecule has 0 saturated carbocycles. The Morgan fingerprint density at radius 3 is 1.88 bits per heavy atom. The van der Waals surface area contributed by atoms with E-state index in [-0.39, 0.29) is 5.30 Å². The predicted molar refractivity (Wildman–Crippen MR) is 110 cm³/mol. The van der Waals surface area contributed by atoms with Crippen molar-refractivity contribution in [3.63, 3.8) is 0 Å². The zero-order chi connectivity index (χ0) is 25.0. The van der Waals surface area contributed by atoms with Crippen molar-refractivity contribution in [1.82, 2.24) is 0 Å². The summed E-state index contributed by atoms with van der Waals surface area (Å²) in [5.41, 5.74) is -7.23. The number of rotatable bonds is 8. The van der Waals surface area contributed by atoms with Crippen LogP contribution in [0.15, 0.2) is 48.5 Å². The maximum Gasteiger partial charge on any atom is 0.417 e. The lowest BCUT2D eigenvalue weighted by Gasteiger charge is -2.23. The lowest BCUT2D eigenvalue weighted by atomic mass is 10.0. The molecule has 0 aliphatic heterocycles. The molecule has 180 valence electrons. The Morgan fingerprint density at radius 2 is 1.42 bits per heavy atom. The number of carbonyl (C=O) groups excluding carboxylic acids is 2. The van der Waals surface area contributed by atoms with Gasteiger partial charge in [0.2, 0.25) is 5.52 Å². The zero-order valence-electron chi connectivity index (χ0n) is 17.7. The molecule has 0 saturated heterocycles. The molecule has 2 rings (SSSR count). The summed E-state index contributed by atoms with van der Waals surface area (Å²) in [6.07, 6.45) is -12.1. The van der Waals surface area contributed by atoms with Crippen LogP contribution in [-0.2, 0) is 26.4 Å². The second kappa shape index (κ2) is 10.1. The maximum atomic E-state index is 13.8. The fourth-order valence-corrected chi connectivity index (χ4v) is 5.52. The third-order valence-corrected chi connectivity index (χ3v) is 7.79. The third kappa shape index (κ3) is 6.25. The molecule has 11 heteroatoms. The van der Waals surface area contributed by atoms with Crippen molar-refractivity contribution < 1.29 is 45.2 Å². The molecule has 0 spiro atoms. The second-order valence-corrected chi connectivity index (χ2v) is 10.1. The average Bonchev–Trinajstić information content (AvgIpc) is 2.75. The monoisotopic (exact) mass is 494 g/mol. The molecule has 0 amide bonds. The van der Waals surface area contributed by atoms with Crippen LogP contribution in [0, 0.1) is 0 Å². The maximum absolute atomic E-state index is 13.8. The molecule has 0 N–H and O–H groups in total. The van der Waals surface area contributed by atoms with Crippen LogP contribution in [-0.4, -0.2) is 23.8 Å². The highest BCUT2D eigenvalue weighted by molar-refractivity contribution is 7.87. The van der Waals surface area contributed by atoms with E-state index in [1.165, 1.54) is 30.3 Å². The Hall–Kier alpha value is -2.61. The van der Waals surface area contributed by atoms with Crippen molar-refractivity contribution in [3.05, 3.63) is 65.2 Å². The van der Waals surface area contributed by atoms with Crippen molar-refractivity contribution in [2.24, 2.45) is 0 Å². The Kier molecular flexibility index (Phi) is 8.17. The largest absolute Gasteiger partial charge is 0.463 e. The number of ether oxygens (including phenoxy) is 1. The van der Waals surface area contributed by atoms with E-state index in [0.29, 0.717) is 24.6 Å². The normalized spacial score (nSPS) is 14.9. The molecule has 0 aliphatic carbocycles. The van der Waals surface area contributed by atoms with Gasteiger partial charge in [-0.15, -0.1) is 0 Å². The van der Waals surface area contributed by atoms with Gasteiger partial charge in [-0.2, -0.15) is 26.3 Å². The van der Waals surface area contributed by atoms with E-state index in [0.717, 1.165) is 0 Å². The van der Waals surface area contributed by atoms with Gasteiger partial charge in [0.15, 0.2) is 7.14 Å². The molecule has 2 atom stereocenters. The van der Waals surface area contributed by atoms with Crippen LogP contribution >= 0.6 is 7.14 Å². The molecular weight excluding hydrogens is 473 g/mol. The molecule has 0 heterocycles. The minimum atomic E-state index is -5.32. The van der Waals surface area contributed by atoms with Crippen LogP contribution in [0.1, 0.15) is 48.2 Å². The van der Waals surface area contributed by atoms with Crippen LogP contribution in [0.5, 0.6) is 0 Å². The summed E-state index contributed by atoms with van der Waals surface area (Å²) in [6.45, 7) is 3.30. The molecule has 0 aliphatic rings. The van der Waals surface area contributed by atoms with Gasteiger partial charge < -0.3 is 9.30 Å². The Bertz CT molecular complexity index is 1010. The summed E-state index contributed by atoms with van der Waals surface area (Å²) in [5, 5.41) is -0.253. The first-order chi connectivity index (χ1) is 15.2. The van der Waals surface area contributed by atoms with Crippen molar-refractivity contribution in [2.45, 2.75) is 45.1 Å². The van der Waals surface area contributed by atoms with Gasteiger partial charge in [0.1, 0.15) is 0 Å². The Labute approximate surface area is 186 Å². The predicted octanol–water partition coefficient (Wildman–Crippen LogP) is 6.28. The first-order valence-electron chi connectivity index (χ1n) is 9.88. The SMILES string of the molecule is CCC(C)OC(=O)CCP(=O)(C(=O)c1c(C(F)(F)F)cccc1C(F)(F)F)c1ccccc1. The smallest absolute Gasteiger partial charge is 0.417 e. The van der Waals surface area contributed by atoms with E-state index in [9.17, 15) is 40.5 Å². The fourth-order valence-electron chi connectivity index (χ4n) is 3.07. The Morgan fingerprint density at radius 1 is 0.909 bits per heavy atom. The molecule has 0 bridgehead atoms. The molecule has 0 radical (unpaired) electrons. The molecule has 0 fully saturated rings. The summed E-state index contributed by atoms with van der Waals surface area (Å²) in [6, 6.07) is 7.67. The third-order valence-electron chi connectivity index (χ3n) is 4.93. The summed E-state index contributed by atoms with van der Waals surface area (Å²) in [5.74, 6) is -0.867. The summed E-state index contributed by atoms with van der Waals surface area (Å²) >= 11 is 0. The molecular formula is C22H21F6O4P. The highest BCUT2D eigenvalue weighted by Gasteiger charge is 2.47. The quantitative estimate of drug-likeness (QED) is 0.246. The van der Waals surface area contributed by atoms with Crippen LogP contribution < -0.4 is 5.30 Å². The van der Waals surface area contributed by atoms with E-state index in [4.69, 9.17) is 4.74 Å². The summed E-state index contributed by atoms with van der Waals surface area (Å²) in [7, 11) is -4.62. The van der Waals surface area contributed by atoms with E-state index < -0.39 is 66.4 Å². The highest BCUT2D eigenvalue weighted by Crippen LogP contribution is 2.52. The first-order valence-corrected chi connectivity index (χ1v) is 11.8. The van der Waals surface area contributed by atoms with Gasteiger partial charge in [0.25, 0.3) is 0 Å². The van der Waals surface area contributed by atoms with Gasteiger partial charge >= 0.3 is 18.3 Å². The lowest BCUT2D eigenvalue weighted by Crippen LogP contribution is -2.25. The first kappa shape index (κ1) is 26.6. The van der Waals surface area contributed by atoms with E-state index in [1.54, 1.807) is 13.8 Å². The second-order valence-electron chi connectivity index (χ2n) is 7.29. The molecule has 2 aromatic rings. The van der Waals surface area contributed by atoms with Gasteiger partial charge in [0.05, 0.1) is 29.2 Å². The lowest BCUT2D eigenvalue weighted by molar-refractivity contribution is -0.148. The van der Waals surface area contributed by atoms with Gasteiger partial charge in [-0.05, 0) is 25.5 Å². The molecule has 33 heavy (non-hydrogen) atoms. The Balaban J connectivity index is 2.66. The van der Waals surface area contributed by atoms with E-state index in [1.807, 2.05) is 0 Å². The number of hydrogen-bond acceptors (Lipinski definition) is 4. The number of hydrogen-bond donors (Lipinski definition) is 0. The molecule has 4 nitrogen and oxygen atoms in total. The van der Waals surface area contributed by atoms with Crippen LogP contribution in [0.4, 0.5) is 26.3 Å². The van der Waals surface area contributed by atoms with Gasteiger partial charge in [-0.25, -0.2) is 0 Å². The topological polar surface area (TPSA) is 60.4 Å². The van der Waals surface area contributed by atoms with Gasteiger partial charge in [-0.1, -0.05) is 43.3 Å². The van der Waals surface area contributed by atoms with Crippen LogP contribution in [0.25, 0.3) is 0 Å². The van der Waals surface area contributed by atoms with Gasteiger partial charge in [0, 0.05) is 11.5 Å². The zero-order valence-corrected chi connectivity index (χ0v) is 18.6. The van der Waals surface area contributed by atoms with Crippen molar-refractivity contribution >= 4 is 23.9 Å². The minimum Gasteiger partial charge on any atom is -0.463 e. The number of halogens is 6. The summed E-state index contributed by atoms with van der Waals surface area (Å²) in [4.78, 5) is 25.4. The molecule has 2 unspecified atom stereocenters. The van der Waals surface area contributed by atoms with Crippen LogP contribution in [0.2, 0.25) is 0 Å². The van der Waals surface area contributed by atoms with E-state index >= 15 is 0 Å². The van der Waals surface area contributed by atoms with E-state index in [2.05, 4.69) is 0 Å². The molecule has 0 aromatic heterocycles. The standard InChI is InChI=1S/C22H21F6O4P/c1-3-14(2)32-18(29)12-13-33(31,15-8-5-4-6-9-15)20(30)19-16(21(23,24)25)10-7-11-17(19)22(26,27)28/h4-11,14H,3,12-13H2,1-2H3. The fraction of sp³-hybridized carbons (Fsp3) is 0.364. The van der Waals surface area contributed by atoms with Crippen molar-refractivity contribution in [3.8, 4) is 0 Å². The minimum absolute atomic E-state index is 0.253. The summed E-state index contributed by atoms with van der Waals surface area (Å²) < 4.78 is 100. The highest BCUT2D eigenvalue weighted by atomic mass is 31.2. The van der Waals surface area contributed by atoms with Gasteiger partial charge in [-0.3, -0.25) is 9.59 Å². The van der Waals surface area contributed by atoms with Crippen LogP contribution in [0.3, 0.4) is 0 Å². The van der Waals surface area contributed by atoms with Crippen molar-refractivity contribution in [2.75, 3.05) is 6.16 Å². The molecule has 2 aromatic carbocycles. The number of esters is 1. The van der Waals surface area contributed by atoms with Crippen molar-refractivity contribution in [1.29, 1.82) is 0 Å².